The Morgan fingerprint density at radius 2 is 1.93 bits per heavy atom. The molecule has 2 heterocycles. The minimum absolute atomic E-state index is 0.0292. The highest BCUT2D eigenvalue weighted by Crippen LogP contribution is 2.21. The van der Waals surface area contributed by atoms with E-state index in [1.165, 1.54) is 16.9 Å². The molecular weight excluding hydrogens is 384 g/mol. The Bertz CT molecular complexity index is 813. The smallest absolute Gasteiger partial charge is 0.263 e. The van der Waals surface area contributed by atoms with Crippen molar-refractivity contribution in [2.45, 2.75) is 45.6 Å². The molecule has 6 nitrogen and oxygen atoms in total. The molecule has 0 atom stereocenters. The molecule has 1 fully saturated rings. The van der Waals surface area contributed by atoms with Crippen LogP contribution in [0, 0.1) is 6.92 Å². The van der Waals surface area contributed by atoms with E-state index in [0.29, 0.717) is 11.4 Å². The van der Waals surface area contributed by atoms with Crippen LogP contribution >= 0.6 is 11.3 Å². The third-order valence-corrected chi connectivity index (χ3v) is 6.26. The first-order valence-corrected chi connectivity index (χ1v) is 11.2. The van der Waals surface area contributed by atoms with Gasteiger partial charge in [0, 0.05) is 32.1 Å². The van der Waals surface area contributed by atoms with Crippen molar-refractivity contribution < 1.29 is 9.59 Å². The van der Waals surface area contributed by atoms with Gasteiger partial charge in [0.15, 0.2) is 0 Å². The van der Waals surface area contributed by atoms with Crippen molar-refractivity contribution in [1.29, 1.82) is 0 Å². The first kappa shape index (κ1) is 21.5. The lowest BCUT2D eigenvalue weighted by molar-refractivity contribution is -0.122. The van der Waals surface area contributed by atoms with Crippen LogP contribution in [0.4, 0.5) is 0 Å². The maximum absolute atomic E-state index is 12.8. The standard InChI is InChI=1S/C22H30N4O2S/c1-3-11-23-19(27)15-26-12-9-18(10-13-26)25-22(28)21-16(2)24-20(29-21)14-17-7-5-4-6-8-17/h4-8,18H,3,9-15H2,1-2H3,(H,23,27)(H,25,28). The summed E-state index contributed by atoms with van der Waals surface area (Å²) in [6.07, 6.45) is 3.42. The summed E-state index contributed by atoms with van der Waals surface area (Å²) in [6, 6.07) is 10.3. The highest BCUT2D eigenvalue weighted by atomic mass is 32.1. The summed E-state index contributed by atoms with van der Waals surface area (Å²) < 4.78 is 0. The Morgan fingerprint density at radius 1 is 1.21 bits per heavy atom. The normalized spacial score (nSPS) is 15.2. The molecule has 1 aromatic heterocycles. The second-order valence-electron chi connectivity index (χ2n) is 7.56. The van der Waals surface area contributed by atoms with Crippen molar-refractivity contribution in [1.82, 2.24) is 20.5 Å². The van der Waals surface area contributed by atoms with Gasteiger partial charge in [-0.15, -0.1) is 11.3 Å². The molecule has 2 N–H and O–H groups in total. The predicted octanol–water partition coefficient (Wildman–Crippen LogP) is 2.76. The second kappa shape index (κ2) is 10.5. The van der Waals surface area contributed by atoms with Crippen molar-refractivity contribution in [2.24, 2.45) is 0 Å². The van der Waals surface area contributed by atoms with Gasteiger partial charge in [-0.3, -0.25) is 14.5 Å². The predicted molar refractivity (Wildman–Crippen MR) is 116 cm³/mol. The van der Waals surface area contributed by atoms with E-state index in [1.54, 1.807) is 0 Å². The number of piperidine rings is 1. The number of carbonyl (C=O) groups is 2. The number of aromatic nitrogens is 1. The van der Waals surface area contributed by atoms with E-state index in [0.717, 1.165) is 56.0 Å². The fourth-order valence-electron chi connectivity index (χ4n) is 3.52. The fourth-order valence-corrected chi connectivity index (χ4v) is 4.52. The molecule has 29 heavy (non-hydrogen) atoms. The summed E-state index contributed by atoms with van der Waals surface area (Å²) in [5.41, 5.74) is 1.99. The Labute approximate surface area is 176 Å². The first-order valence-electron chi connectivity index (χ1n) is 10.3. The Balaban J connectivity index is 1.48. The zero-order valence-electron chi connectivity index (χ0n) is 17.2. The number of hydrogen-bond acceptors (Lipinski definition) is 5. The van der Waals surface area contributed by atoms with Gasteiger partial charge in [-0.2, -0.15) is 0 Å². The minimum atomic E-state index is -0.0292. The molecule has 3 rings (SSSR count). The number of hydrogen-bond donors (Lipinski definition) is 2. The average Bonchev–Trinajstić information content (AvgIpc) is 3.09. The minimum Gasteiger partial charge on any atom is -0.355 e. The maximum Gasteiger partial charge on any atom is 0.263 e. The Morgan fingerprint density at radius 3 is 2.62 bits per heavy atom. The van der Waals surface area contributed by atoms with Crippen LogP contribution in [0.1, 0.15) is 52.1 Å². The van der Waals surface area contributed by atoms with Crippen LogP contribution in [0.15, 0.2) is 30.3 Å². The van der Waals surface area contributed by atoms with Crippen molar-refractivity contribution in [3.8, 4) is 0 Å². The molecule has 0 saturated carbocycles. The number of amides is 2. The molecule has 1 aliphatic rings. The number of likely N-dealkylation sites (tertiary alicyclic amines) is 1. The Kier molecular flexibility index (Phi) is 7.77. The number of aryl methyl sites for hydroxylation is 1. The highest BCUT2D eigenvalue weighted by Gasteiger charge is 2.24. The quantitative estimate of drug-likeness (QED) is 0.697. The molecule has 1 aromatic carbocycles. The van der Waals surface area contributed by atoms with Crippen LogP contribution in [0.25, 0.3) is 0 Å². The molecule has 156 valence electrons. The molecule has 7 heteroatoms. The first-order chi connectivity index (χ1) is 14.0. The van der Waals surface area contributed by atoms with Crippen molar-refractivity contribution in [3.05, 3.63) is 51.5 Å². The largest absolute Gasteiger partial charge is 0.355 e. The monoisotopic (exact) mass is 414 g/mol. The third-order valence-electron chi connectivity index (χ3n) is 5.11. The van der Waals surface area contributed by atoms with Gasteiger partial charge in [-0.1, -0.05) is 37.3 Å². The van der Waals surface area contributed by atoms with Crippen molar-refractivity contribution >= 4 is 23.2 Å². The summed E-state index contributed by atoms with van der Waals surface area (Å²) in [7, 11) is 0. The number of nitrogens with zero attached hydrogens (tertiary/aromatic N) is 2. The van der Waals surface area contributed by atoms with E-state index in [4.69, 9.17) is 0 Å². The van der Waals surface area contributed by atoms with E-state index in [9.17, 15) is 9.59 Å². The molecule has 0 bridgehead atoms. The molecule has 0 radical (unpaired) electrons. The number of nitrogens with one attached hydrogen (secondary N) is 2. The van der Waals surface area contributed by atoms with E-state index >= 15 is 0 Å². The van der Waals surface area contributed by atoms with Gasteiger partial charge in [-0.05, 0) is 31.7 Å². The van der Waals surface area contributed by atoms with Crippen LogP contribution in [-0.4, -0.2) is 53.9 Å². The molecule has 1 saturated heterocycles. The van der Waals surface area contributed by atoms with Crippen LogP contribution < -0.4 is 10.6 Å². The highest BCUT2D eigenvalue weighted by molar-refractivity contribution is 7.13. The number of benzene rings is 1. The average molecular weight is 415 g/mol. The van der Waals surface area contributed by atoms with Gasteiger partial charge in [0.1, 0.15) is 4.88 Å². The topological polar surface area (TPSA) is 74.3 Å². The van der Waals surface area contributed by atoms with Crippen LogP contribution in [-0.2, 0) is 11.2 Å². The molecular formula is C22H30N4O2S. The maximum atomic E-state index is 12.8. The van der Waals surface area contributed by atoms with Gasteiger partial charge in [-0.25, -0.2) is 4.98 Å². The van der Waals surface area contributed by atoms with Crippen LogP contribution in [0.2, 0.25) is 0 Å². The molecule has 0 spiro atoms. The van der Waals surface area contributed by atoms with E-state index < -0.39 is 0 Å². The third kappa shape index (κ3) is 6.37. The van der Waals surface area contributed by atoms with Crippen LogP contribution in [0.3, 0.4) is 0 Å². The second-order valence-corrected chi connectivity index (χ2v) is 8.64. The van der Waals surface area contributed by atoms with Gasteiger partial charge in [0.2, 0.25) is 5.91 Å². The number of rotatable bonds is 8. The molecule has 0 unspecified atom stereocenters. The summed E-state index contributed by atoms with van der Waals surface area (Å²) in [4.78, 5) is 32.1. The summed E-state index contributed by atoms with van der Waals surface area (Å²) in [5.74, 6) is 0.0546. The van der Waals surface area contributed by atoms with Crippen molar-refractivity contribution in [2.75, 3.05) is 26.2 Å². The van der Waals surface area contributed by atoms with E-state index in [-0.39, 0.29) is 17.9 Å². The molecule has 2 aromatic rings. The van der Waals surface area contributed by atoms with E-state index in [2.05, 4.69) is 32.7 Å². The van der Waals surface area contributed by atoms with E-state index in [1.807, 2.05) is 32.0 Å². The lowest BCUT2D eigenvalue weighted by Gasteiger charge is -2.31. The summed E-state index contributed by atoms with van der Waals surface area (Å²) in [5, 5.41) is 7.04. The van der Waals surface area contributed by atoms with Gasteiger partial charge in [0.25, 0.3) is 5.91 Å². The van der Waals surface area contributed by atoms with Gasteiger partial charge in [0.05, 0.1) is 17.2 Å². The lowest BCUT2D eigenvalue weighted by atomic mass is 10.0. The molecule has 2 amide bonds. The van der Waals surface area contributed by atoms with Crippen LogP contribution in [0.5, 0.6) is 0 Å². The van der Waals surface area contributed by atoms with Gasteiger partial charge < -0.3 is 10.6 Å². The van der Waals surface area contributed by atoms with Gasteiger partial charge >= 0.3 is 0 Å². The summed E-state index contributed by atoms with van der Waals surface area (Å²) >= 11 is 1.48. The fraction of sp³-hybridized carbons (Fsp3) is 0.500. The number of carbonyl (C=O) groups excluding carboxylic acids is 2. The zero-order valence-corrected chi connectivity index (χ0v) is 18.1. The summed E-state index contributed by atoms with van der Waals surface area (Å²) in [6.45, 7) is 6.77. The zero-order chi connectivity index (χ0) is 20.6. The number of thiazole rings is 1. The Hall–Kier alpha value is -2.25. The molecule has 1 aliphatic heterocycles. The lowest BCUT2D eigenvalue weighted by Crippen LogP contribution is -2.47. The molecule has 0 aliphatic carbocycles. The van der Waals surface area contributed by atoms with Crippen molar-refractivity contribution in [3.63, 3.8) is 0 Å². The SMILES string of the molecule is CCCNC(=O)CN1CCC(NC(=O)c2sc(Cc3ccccc3)nc2C)CC1.